The van der Waals surface area contributed by atoms with Gasteiger partial charge < -0.3 is 5.32 Å². The molecular weight excluding hydrogens is 215 g/mol. The first-order valence-electron chi connectivity index (χ1n) is 6.43. The highest BCUT2D eigenvalue weighted by molar-refractivity contribution is 5.30. The molecule has 1 heterocycles. The molecule has 2 nitrogen and oxygen atoms in total. The van der Waals surface area contributed by atoms with Crippen LogP contribution in [0.2, 0.25) is 0 Å². The number of nitrogens with zero attached hydrogens (tertiary/aromatic N) is 1. The Balaban J connectivity index is 2.24. The third-order valence-corrected chi connectivity index (χ3v) is 3.65. The van der Waals surface area contributed by atoms with E-state index in [1.807, 2.05) is 13.0 Å². The third kappa shape index (κ3) is 2.67. The van der Waals surface area contributed by atoms with Gasteiger partial charge in [-0.15, -0.1) is 0 Å². The molecule has 0 spiro atoms. The summed E-state index contributed by atoms with van der Waals surface area (Å²) in [5, 5.41) is 3.36. The molecule has 1 atom stereocenters. The Morgan fingerprint density at radius 3 is 2.71 bits per heavy atom. The van der Waals surface area contributed by atoms with Gasteiger partial charge in [-0.3, -0.25) is 4.90 Å². The van der Waals surface area contributed by atoms with Crippen LogP contribution in [-0.4, -0.2) is 31.1 Å². The number of benzene rings is 1. The maximum atomic E-state index is 13.6. The van der Waals surface area contributed by atoms with Crippen LogP contribution in [0.15, 0.2) is 18.2 Å². The summed E-state index contributed by atoms with van der Waals surface area (Å²) in [6.45, 7) is 8.23. The minimum Gasteiger partial charge on any atom is -0.314 e. The van der Waals surface area contributed by atoms with Crippen molar-refractivity contribution in [1.29, 1.82) is 0 Å². The Morgan fingerprint density at radius 2 is 2.06 bits per heavy atom. The fourth-order valence-electron chi connectivity index (χ4n) is 2.65. The summed E-state index contributed by atoms with van der Waals surface area (Å²) in [7, 11) is 0. The second kappa shape index (κ2) is 5.61. The van der Waals surface area contributed by atoms with Crippen LogP contribution in [0, 0.1) is 12.7 Å². The zero-order chi connectivity index (χ0) is 12.3. The summed E-state index contributed by atoms with van der Waals surface area (Å²) in [4.78, 5) is 2.46. The fourth-order valence-corrected chi connectivity index (χ4v) is 2.65. The number of piperazine rings is 1. The smallest absolute Gasteiger partial charge is 0.126 e. The molecule has 17 heavy (non-hydrogen) atoms. The minimum atomic E-state index is -0.0870. The predicted octanol–water partition coefficient (Wildman–Crippen LogP) is 2.49. The van der Waals surface area contributed by atoms with Gasteiger partial charge in [0.05, 0.1) is 0 Å². The van der Waals surface area contributed by atoms with Crippen LogP contribution >= 0.6 is 0 Å². The number of nitrogens with one attached hydrogen (secondary N) is 1. The van der Waals surface area contributed by atoms with Gasteiger partial charge in [-0.1, -0.05) is 19.1 Å². The lowest BCUT2D eigenvalue weighted by Gasteiger charge is -2.35. The Morgan fingerprint density at radius 1 is 1.35 bits per heavy atom. The van der Waals surface area contributed by atoms with Crippen LogP contribution in [0.1, 0.15) is 30.5 Å². The molecule has 0 unspecified atom stereocenters. The second-order valence-corrected chi connectivity index (χ2v) is 4.66. The van der Waals surface area contributed by atoms with Crippen molar-refractivity contribution >= 4 is 0 Å². The summed E-state index contributed by atoms with van der Waals surface area (Å²) < 4.78 is 13.6. The Hall–Kier alpha value is -0.930. The third-order valence-electron chi connectivity index (χ3n) is 3.65. The van der Waals surface area contributed by atoms with Crippen molar-refractivity contribution in [2.24, 2.45) is 0 Å². The van der Waals surface area contributed by atoms with Crippen LogP contribution in [0.4, 0.5) is 4.39 Å². The zero-order valence-electron chi connectivity index (χ0n) is 10.7. The molecule has 1 aliphatic rings. The molecule has 3 heteroatoms. The van der Waals surface area contributed by atoms with Gasteiger partial charge in [0.15, 0.2) is 0 Å². The van der Waals surface area contributed by atoms with E-state index in [4.69, 9.17) is 0 Å². The molecule has 1 aromatic rings. The monoisotopic (exact) mass is 236 g/mol. The van der Waals surface area contributed by atoms with Crippen molar-refractivity contribution in [1.82, 2.24) is 10.2 Å². The largest absolute Gasteiger partial charge is 0.314 e. The summed E-state index contributed by atoms with van der Waals surface area (Å²) >= 11 is 0. The van der Waals surface area contributed by atoms with Crippen molar-refractivity contribution < 1.29 is 4.39 Å². The van der Waals surface area contributed by atoms with Gasteiger partial charge >= 0.3 is 0 Å². The van der Waals surface area contributed by atoms with E-state index in [2.05, 4.69) is 23.2 Å². The molecule has 1 N–H and O–H groups in total. The molecular formula is C14H21FN2. The number of hydrogen-bond acceptors (Lipinski definition) is 2. The minimum absolute atomic E-state index is 0.0870. The molecule has 94 valence electrons. The fraction of sp³-hybridized carbons (Fsp3) is 0.571. The second-order valence-electron chi connectivity index (χ2n) is 4.66. The maximum absolute atomic E-state index is 13.6. The average molecular weight is 236 g/mol. The van der Waals surface area contributed by atoms with Crippen molar-refractivity contribution in [2.75, 3.05) is 26.2 Å². The van der Waals surface area contributed by atoms with E-state index in [-0.39, 0.29) is 5.82 Å². The number of rotatable bonds is 3. The summed E-state index contributed by atoms with van der Waals surface area (Å²) in [6, 6.07) is 5.79. The molecule has 0 radical (unpaired) electrons. The predicted molar refractivity (Wildman–Crippen MR) is 68.6 cm³/mol. The van der Waals surface area contributed by atoms with E-state index in [0.29, 0.717) is 6.04 Å². The molecule has 0 amide bonds. The quantitative estimate of drug-likeness (QED) is 0.867. The lowest BCUT2D eigenvalue weighted by Crippen LogP contribution is -2.45. The summed E-state index contributed by atoms with van der Waals surface area (Å²) in [6.07, 6.45) is 1.03. The van der Waals surface area contributed by atoms with Gasteiger partial charge in [0.2, 0.25) is 0 Å². The maximum Gasteiger partial charge on any atom is 0.126 e. The van der Waals surface area contributed by atoms with Crippen molar-refractivity contribution in [3.8, 4) is 0 Å². The Labute approximate surface area is 103 Å². The number of hydrogen-bond donors (Lipinski definition) is 1. The molecule has 0 aliphatic carbocycles. The molecule has 0 bridgehead atoms. The number of halogens is 1. The molecule has 1 aromatic carbocycles. The first-order chi connectivity index (χ1) is 8.24. The van der Waals surface area contributed by atoms with Gasteiger partial charge in [-0.25, -0.2) is 4.39 Å². The summed E-state index contributed by atoms with van der Waals surface area (Å²) in [5.41, 5.74) is 1.95. The zero-order valence-corrected chi connectivity index (χ0v) is 10.7. The Bertz CT molecular complexity index is 372. The van der Waals surface area contributed by atoms with Crippen molar-refractivity contribution in [3.05, 3.63) is 35.1 Å². The van der Waals surface area contributed by atoms with Gasteiger partial charge in [-0.05, 0) is 30.5 Å². The van der Waals surface area contributed by atoms with Gasteiger partial charge in [0, 0.05) is 32.2 Å². The highest BCUT2D eigenvalue weighted by Gasteiger charge is 2.22. The Kier molecular flexibility index (Phi) is 4.13. The van der Waals surface area contributed by atoms with E-state index in [0.717, 1.165) is 43.7 Å². The summed E-state index contributed by atoms with van der Waals surface area (Å²) in [5.74, 6) is -0.0870. The van der Waals surface area contributed by atoms with Crippen LogP contribution in [0.25, 0.3) is 0 Å². The highest BCUT2D eigenvalue weighted by atomic mass is 19.1. The molecule has 1 aliphatic heterocycles. The lowest BCUT2D eigenvalue weighted by molar-refractivity contribution is 0.168. The van der Waals surface area contributed by atoms with Crippen LogP contribution in [0.5, 0.6) is 0 Å². The first-order valence-corrected chi connectivity index (χ1v) is 6.43. The first kappa shape index (κ1) is 12.5. The molecule has 1 fully saturated rings. The van der Waals surface area contributed by atoms with E-state index in [1.54, 1.807) is 6.07 Å². The topological polar surface area (TPSA) is 15.3 Å². The van der Waals surface area contributed by atoms with Gasteiger partial charge in [0.25, 0.3) is 0 Å². The van der Waals surface area contributed by atoms with Crippen molar-refractivity contribution in [3.63, 3.8) is 0 Å². The SMILES string of the molecule is CC[C@@H](c1cccc(F)c1C)N1CCNCC1. The average Bonchev–Trinajstić information content (AvgIpc) is 2.37. The van der Waals surface area contributed by atoms with Crippen LogP contribution in [-0.2, 0) is 0 Å². The van der Waals surface area contributed by atoms with E-state index in [1.165, 1.54) is 0 Å². The molecule has 0 saturated carbocycles. The van der Waals surface area contributed by atoms with E-state index < -0.39 is 0 Å². The molecule has 2 rings (SSSR count). The van der Waals surface area contributed by atoms with E-state index >= 15 is 0 Å². The van der Waals surface area contributed by atoms with Gasteiger partial charge in [0.1, 0.15) is 5.82 Å². The van der Waals surface area contributed by atoms with Crippen LogP contribution < -0.4 is 5.32 Å². The lowest BCUT2D eigenvalue weighted by atomic mass is 9.97. The molecule has 1 saturated heterocycles. The van der Waals surface area contributed by atoms with E-state index in [9.17, 15) is 4.39 Å². The highest BCUT2D eigenvalue weighted by Crippen LogP contribution is 2.28. The molecule has 0 aromatic heterocycles. The standard InChI is InChI=1S/C14H21FN2/c1-3-14(17-9-7-16-8-10-17)12-5-4-6-13(15)11(12)2/h4-6,14,16H,3,7-10H2,1-2H3/t14-/m0/s1. The van der Waals surface area contributed by atoms with Crippen molar-refractivity contribution in [2.45, 2.75) is 26.3 Å². The normalized spacial score (nSPS) is 19.2. The van der Waals surface area contributed by atoms with Crippen LogP contribution in [0.3, 0.4) is 0 Å². The van der Waals surface area contributed by atoms with Gasteiger partial charge in [-0.2, -0.15) is 0 Å².